The molecule has 0 fully saturated rings. The summed E-state index contributed by atoms with van der Waals surface area (Å²) in [6.45, 7) is 8.05. The average Bonchev–Trinajstić information content (AvgIpc) is 2.97. The van der Waals surface area contributed by atoms with E-state index in [1.54, 1.807) is 12.1 Å². The molecule has 0 unspecified atom stereocenters. The van der Waals surface area contributed by atoms with Gasteiger partial charge >= 0.3 is 0 Å². The van der Waals surface area contributed by atoms with Gasteiger partial charge in [-0.2, -0.15) is 0 Å². The van der Waals surface area contributed by atoms with Crippen LogP contribution in [0, 0.1) is 12.7 Å². The Morgan fingerprint density at radius 2 is 1.86 bits per heavy atom. The molecule has 1 aliphatic heterocycles. The van der Waals surface area contributed by atoms with Gasteiger partial charge in [-0.1, -0.05) is 23.7 Å². The number of rotatable bonds is 3. The molecular weight excluding hydrogens is 377 g/mol. The van der Waals surface area contributed by atoms with E-state index in [9.17, 15) is 4.39 Å². The average molecular weight is 400 g/mol. The first-order valence-corrected chi connectivity index (χ1v) is 9.65. The second-order valence-corrected chi connectivity index (χ2v) is 6.66. The lowest BCUT2D eigenvalue weighted by atomic mass is 10.00. The minimum atomic E-state index is -0.293. The van der Waals surface area contributed by atoms with Crippen LogP contribution >= 0.6 is 11.6 Å². The van der Waals surface area contributed by atoms with Crippen LogP contribution in [0.5, 0.6) is 0 Å². The topological polar surface area (TPSA) is 39.4 Å². The van der Waals surface area contributed by atoms with Crippen molar-refractivity contribution in [3.05, 3.63) is 82.1 Å². The molecule has 0 saturated heterocycles. The van der Waals surface area contributed by atoms with Crippen molar-refractivity contribution in [3.8, 4) is 5.69 Å². The standard InChI is InChI=1S/C18H13ClFN3.C4H10O/c1-11-21-9-13-10-22-18(14-4-2-3-5-16(14)20)15-8-12(19)6-7-17(15)23(11)13;1-3-5-4-2/h2-9H,10H2,1H3;3-4H2,1-2H3. The quantitative estimate of drug-likeness (QED) is 0.594. The highest BCUT2D eigenvalue weighted by Crippen LogP contribution is 2.29. The van der Waals surface area contributed by atoms with Crippen LogP contribution in [0.4, 0.5) is 4.39 Å². The van der Waals surface area contributed by atoms with Crippen LogP contribution in [0.3, 0.4) is 0 Å². The Kier molecular flexibility index (Phi) is 6.60. The highest BCUT2D eigenvalue weighted by atomic mass is 35.5. The Labute approximate surface area is 169 Å². The van der Waals surface area contributed by atoms with Crippen molar-refractivity contribution in [1.29, 1.82) is 0 Å². The molecule has 1 aliphatic rings. The molecule has 0 atom stereocenters. The van der Waals surface area contributed by atoms with Crippen molar-refractivity contribution in [3.63, 3.8) is 0 Å². The third kappa shape index (κ3) is 4.16. The van der Waals surface area contributed by atoms with Gasteiger partial charge in [-0.15, -0.1) is 0 Å². The van der Waals surface area contributed by atoms with E-state index in [4.69, 9.17) is 16.3 Å². The highest BCUT2D eigenvalue weighted by molar-refractivity contribution is 6.31. The Morgan fingerprint density at radius 3 is 2.54 bits per heavy atom. The van der Waals surface area contributed by atoms with E-state index in [2.05, 4.69) is 9.98 Å². The minimum Gasteiger partial charge on any atom is -0.382 e. The summed E-state index contributed by atoms with van der Waals surface area (Å²) in [4.78, 5) is 9.01. The van der Waals surface area contributed by atoms with Gasteiger partial charge in [-0.05, 0) is 51.1 Å². The number of hydrogen-bond donors (Lipinski definition) is 0. The van der Waals surface area contributed by atoms with Gasteiger partial charge < -0.3 is 4.74 Å². The van der Waals surface area contributed by atoms with Crippen molar-refractivity contribution in [2.45, 2.75) is 27.3 Å². The van der Waals surface area contributed by atoms with Crippen molar-refractivity contribution in [1.82, 2.24) is 9.55 Å². The zero-order valence-electron chi connectivity index (χ0n) is 16.2. The zero-order chi connectivity index (χ0) is 20.1. The van der Waals surface area contributed by atoms with Gasteiger partial charge in [0.2, 0.25) is 0 Å². The monoisotopic (exact) mass is 399 g/mol. The summed E-state index contributed by atoms with van der Waals surface area (Å²) in [5, 5.41) is 0.592. The summed E-state index contributed by atoms with van der Waals surface area (Å²) < 4.78 is 21.2. The van der Waals surface area contributed by atoms with Crippen LogP contribution in [-0.2, 0) is 11.3 Å². The first kappa shape index (κ1) is 20.2. The molecule has 0 spiro atoms. The summed E-state index contributed by atoms with van der Waals surface area (Å²) in [5.74, 6) is 0.576. The molecule has 2 heterocycles. The van der Waals surface area contributed by atoms with Crippen molar-refractivity contribution >= 4 is 17.3 Å². The summed E-state index contributed by atoms with van der Waals surface area (Å²) in [6, 6.07) is 12.3. The molecule has 146 valence electrons. The maximum Gasteiger partial charge on any atom is 0.132 e. The van der Waals surface area contributed by atoms with Gasteiger partial charge in [0, 0.05) is 29.4 Å². The number of imidazole rings is 1. The van der Waals surface area contributed by atoms with Gasteiger partial charge in [0.25, 0.3) is 0 Å². The third-order valence-electron chi connectivity index (χ3n) is 4.40. The molecule has 2 aromatic carbocycles. The highest BCUT2D eigenvalue weighted by Gasteiger charge is 2.22. The molecule has 0 bridgehead atoms. The van der Waals surface area contributed by atoms with E-state index in [0.717, 1.165) is 36.0 Å². The first-order valence-electron chi connectivity index (χ1n) is 9.27. The van der Waals surface area contributed by atoms with Crippen LogP contribution in [0.15, 0.2) is 53.7 Å². The smallest absolute Gasteiger partial charge is 0.132 e. The molecule has 4 nitrogen and oxygen atoms in total. The van der Waals surface area contributed by atoms with Gasteiger partial charge in [-0.25, -0.2) is 9.37 Å². The molecule has 6 heteroatoms. The number of fused-ring (bicyclic) bond motifs is 3. The van der Waals surface area contributed by atoms with Crippen LogP contribution in [0.25, 0.3) is 5.69 Å². The molecule has 3 aromatic rings. The van der Waals surface area contributed by atoms with Crippen molar-refractivity contribution < 1.29 is 9.13 Å². The molecule has 4 rings (SSSR count). The SMILES string of the molecule is CCOCC.Cc1ncc2n1-c1ccc(Cl)cc1C(c1ccccc1F)=NC2. The molecule has 0 saturated carbocycles. The zero-order valence-corrected chi connectivity index (χ0v) is 17.0. The Bertz CT molecular complexity index is 995. The third-order valence-corrected chi connectivity index (χ3v) is 4.64. The molecule has 0 radical (unpaired) electrons. The summed E-state index contributed by atoms with van der Waals surface area (Å²) in [7, 11) is 0. The fourth-order valence-electron chi connectivity index (χ4n) is 3.16. The number of aliphatic imine (C=N–C) groups is 1. The van der Waals surface area contributed by atoms with Gasteiger partial charge in [-0.3, -0.25) is 9.56 Å². The molecule has 0 amide bonds. The Balaban J connectivity index is 0.000000403. The number of ether oxygens (including phenoxy) is 1. The molecular formula is C22H23ClFN3O. The normalized spacial score (nSPS) is 12.2. The largest absolute Gasteiger partial charge is 0.382 e. The van der Waals surface area contributed by atoms with Crippen molar-refractivity contribution in [2.24, 2.45) is 4.99 Å². The van der Waals surface area contributed by atoms with Crippen LogP contribution < -0.4 is 0 Å². The van der Waals surface area contributed by atoms with E-state index >= 15 is 0 Å². The molecule has 28 heavy (non-hydrogen) atoms. The van der Waals surface area contributed by atoms with Gasteiger partial charge in [0.15, 0.2) is 0 Å². The predicted molar refractivity (Wildman–Crippen MR) is 111 cm³/mol. The van der Waals surface area contributed by atoms with Crippen LogP contribution in [0.1, 0.15) is 36.5 Å². The molecule has 0 aliphatic carbocycles. The fourth-order valence-corrected chi connectivity index (χ4v) is 3.33. The van der Waals surface area contributed by atoms with Crippen LogP contribution in [-0.4, -0.2) is 28.5 Å². The lowest BCUT2D eigenvalue weighted by Crippen LogP contribution is -2.09. The second-order valence-electron chi connectivity index (χ2n) is 6.22. The number of benzene rings is 2. The van der Waals surface area contributed by atoms with E-state index in [-0.39, 0.29) is 5.82 Å². The Morgan fingerprint density at radius 1 is 1.11 bits per heavy atom. The summed E-state index contributed by atoms with van der Waals surface area (Å²) in [5.41, 5.74) is 3.79. The molecule has 1 aromatic heterocycles. The Hall–Kier alpha value is -2.50. The number of hydrogen-bond acceptors (Lipinski definition) is 3. The van der Waals surface area contributed by atoms with E-state index in [1.165, 1.54) is 6.07 Å². The summed E-state index contributed by atoms with van der Waals surface area (Å²) in [6.07, 6.45) is 1.81. The number of aryl methyl sites for hydroxylation is 1. The maximum atomic E-state index is 14.3. The fraction of sp³-hybridized carbons (Fsp3) is 0.273. The van der Waals surface area contributed by atoms with Crippen molar-refractivity contribution in [2.75, 3.05) is 13.2 Å². The summed E-state index contributed by atoms with van der Waals surface area (Å²) >= 11 is 6.19. The first-order chi connectivity index (χ1) is 13.6. The van der Waals surface area contributed by atoms with E-state index in [0.29, 0.717) is 22.8 Å². The van der Waals surface area contributed by atoms with Gasteiger partial charge in [0.05, 0.1) is 29.8 Å². The lowest BCUT2D eigenvalue weighted by Gasteiger charge is -2.14. The van der Waals surface area contributed by atoms with E-state index in [1.807, 2.05) is 55.8 Å². The maximum absolute atomic E-state index is 14.3. The van der Waals surface area contributed by atoms with Crippen LogP contribution in [0.2, 0.25) is 5.02 Å². The minimum absolute atomic E-state index is 0.293. The lowest BCUT2D eigenvalue weighted by molar-refractivity contribution is 0.162. The predicted octanol–water partition coefficient (Wildman–Crippen LogP) is 5.37. The number of halogens is 2. The number of aromatic nitrogens is 2. The van der Waals surface area contributed by atoms with Gasteiger partial charge in [0.1, 0.15) is 11.6 Å². The second kappa shape index (κ2) is 9.13. The number of nitrogens with zero attached hydrogens (tertiary/aromatic N) is 3. The molecule has 0 N–H and O–H groups in total. The van der Waals surface area contributed by atoms with E-state index < -0.39 is 0 Å².